The molecule has 1 rings (SSSR count). The third-order valence-corrected chi connectivity index (χ3v) is 3.51. The van der Waals surface area contributed by atoms with Crippen LogP contribution in [0.25, 0.3) is 0 Å². The Bertz CT molecular complexity index is 446. The summed E-state index contributed by atoms with van der Waals surface area (Å²) in [4.78, 5) is 34.7. The van der Waals surface area contributed by atoms with E-state index in [1.165, 1.54) is 0 Å². The third-order valence-electron chi connectivity index (χ3n) is 3.51. The average molecular weight is 276 g/mol. The topological polar surface area (TPSA) is 141 Å². The van der Waals surface area contributed by atoms with Crippen molar-refractivity contribution in [2.45, 2.75) is 43.9 Å². The molecule has 0 spiro atoms. The highest BCUT2D eigenvalue weighted by Gasteiger charge is 2.79. The van der Waals surface area contributed by atoms with Crippen LogP contribution in [0.2, 0.25) is 0 Å². The Labute approximate surface area is 108 Å². The van der Waals surface area contributed by atoms with Crippen molar-refractivity contribution in [3.63, 3.8) is 0 Å². The molecule has 0 aliphatic carbocycles. The molecule has 1 aliphatic rings. The standard InChI is InChI=1S/C11H16O8/c1-5(13)9(16)8(4-12)19-11(18,7(3)15)10(9,17)6(2)14/h8,12,16-18H,4H2,1-3H3/t8-,9-,10-,11?/m1/s1. The van der Waals surface area contributed by atoms with Crippen molar-refractivity contribution in [2.24, 2.45) is 0 Å². The largest absolute Gasteiger partial charge is 0.394 e. The molecule has 0 aromatic rings. The van der Waals surface area contributed by atoms with Gasteiger partial charge in [-0.2, -0.15) is 0 Å². The van der Waals surface area contributed by atoms with Crippen molar-refractivity contribution in [1.29, 1.82) is 0 Å². The fraction of sp³-hybridized carbons (Fsp3) is 0.727. The molecule has 108 valence electrons. The first-order chi connectivity index (χ1) is 8.50. The molecule has 0 bridgehead atoms. The smallest absolute Gasteiger partial charge is 0.267 e. The fourth-order valence-electron chi connectivity index (χ4n) is 2.36. The van der Waals surface area contributed by atoms with Crippen LogP contribution in [0.15, 0.2) is 0 Å². The number of aliphatic hydroxyl groups excluding tert-OH is 1. The van der Waals surface area contributed by atoms with Crippen molar-refractivity contribution >= 4 is 17.3 Å². The lowest BCUT2D eigenvalue weighted by molar-refractivity contribution is -0.249. The third kappa shape index (κ3) is 1.61. The van der Waals surface area contributed by atoms with Crippen LogP contribution in [-0.2, 0) is 19.1 Å². The minimum absolute atomic E-state index is 0.783. The van der Waals surface area contributed by atoms with E-state index < -0.39 is 47.0 Å². The molecule has 0 radical (unpaired) electrons. The molecule has 1 fully saturated rings. The van der Waals surface area contributed by atoms with Crippen LogP contribution in [0.5, 0.6) is 0 Å². The maximum atomic E-state index is 11.6. The van der Waals surface area contributed by atoms with Crippen LogP contribution in [0.4, 0.5) is 0 Å². The highest BCUT2D eigenvalue weighted by Crippen LogP contribution is 2.47. The molecule has 19 heavy (non-hydrogen) atoms. The van der Waals surface area contributed by atoms with E-state index in [4.69, 9.17) is 9.84 Å². The summed E-state index contributed by atoms with van der Waals surface area (Å²) in [5, 5.41) is 39.8. The number of carbonyl (C=O) groups excluding carboxylic acids is 3. The van der Waals surface area contributed by atoms with E-state index in [1.807, 2.05) is 0 Å². The van der Waals surface area contributed by atoms with Gasteiger partial charge in [0.05, 0.1) is 6.61 Å². The van der Waals surface area contributed by atoms with E-state index in [0.29, 0.717) is 0 Å². The second kappa shape index (κ2) is 4.43. The van der Waals surface area contributed by atoms with Gasteiger partial charge >= 0.3 is 0 Å². The molecule has 1 heterocycles. The first-order valence-corrected chi connectivity index (χ1v) is 5.49. The second-order valence-corrected chi connectivity index (χ2v) is 4.58. The van der Waals surface area contributed by atoms with Gasteiger partial charge in [0.1, 0.15) is 6.10 Å². The quantitative estimate of drug-likeness (QED) is 0.434. The molecule has 1 aliphatic heterocycles. The highest BCUT2D eigenvalue weighted by atomic mass is 16.7. The lowest BCUT2D eigenvalue weighted by Gasteiger charge is -2.38. The number of hydrogen-bond donors (Lipinski definition) is 4. The number of rotatable bonds is 4. The highest BCUT2D eigenvalue weighted by molar-refractivity contribution is 6.04. The summed E-state index contributed by atoms with van der Waals surface area (Å²) < 4.78 is 4.73. The Kier molecular flexibility index (Phi) is 3.70. The molecule has 1 saturated heterocycles. The number of carbonyl (C=O) groups is 3. The maximum absolute atomic E-state index is 11.6. The van der Waals surface area contributed by atoms with Gasteiger partial charge in [-0.3, -0.25) is 14.4 Å². The Morgan fingerprint density at radius 3 is 1.74 bits per heavy atom. The average Bonchev–Trinajstić information content (AvgIpc) is 2.50. The van der Waals surface area contributed by atoms with Crippen LogP contribution >= 0.6 is 0 Å². The lowest BCUT2D eigenvalue weighted by atomic mass is 9.71. The Balaban J connectivity index is 3.66. The van der Waals surface area contributed by atoms with E-state index in [0.717, 1.165) is 20.8 Å². The predicted molar refractivity (Wildman–Crippen MR) is 58.9 cm³/mol. The van der Waals surface area contributed by atoms with Crippen molar-refractivity contribution in [3.05, 3.63) is 0 Å². The number of hydrogen-bond acceptors (Lipinski definition) is 8. The number of ketones is 3. The summed E-state index contributed by atoms with van der Waals surface area (Å²) in [6, 6.07) is 0. The van der Waals surface area contributed by atoms with Crippen LogP contribution in [0, 0.1) is 0 Å². The van der Waals surface area contributed by atoms with Gasteiger partial charge in [-0.05, 0) is 13.8 Å². The summed E-state index contributed by atoms with van der Waals surface area (Å²) in [5.74, 6) is -6.65. The minimum atomic E-state index is -3.19. The van der Waals surface area contributed by atoms with Crippen molar-refractivity contribution in [3.8, 4) is 0 Å². The van der Waals surface area contributed by atoms with Gasteiger partial charge in [-0.25, -0.2) is 0 Å². The molecular formula is C11H16O8. The fourth-order valence-corrected chi connectivity index (χ4v) is 2.36. The molecule has 1 unspecified atom stereocenters. The summed E-state index contributed by atoms with van der Waals surface area (Å²) in [6.45, 7) is 1.45. The second-order valence-electron chi connectivity index (χ2n) is 4.58. The monoisotopic (exact) mass is 276 g/mol. The van der Waals surface area contributed by atoms with Crippen LogP contribution in [0.1, 0.15) is 20.8 Å². The molecule has 8 heteroatoms. The van der Waals surface area contributed by atoms with Gasteiger partial charge in [0, 0.05) is 6.92 Å². The molecule has 0 amide bonds. The van der Waals surface area contributed by atoms with Gasteiger partial charge in [-0.15, -0.1) is 0 Å². The zero-order valence-electron chi connectivity index (χ0n) is 10.7. The van der Waals surface area contributed by atoms with Gasteiger partial charge in [-0.1, -0.05) is 0 Å². The maximum Gasteiger partial charge on any atom is 0.267 e. The van der Waals surface area contributed by atoms with Crippen molar-refractivity contribution in [1.82, 2.24) is 0 Å². The van der Waals surface area contributed by atoms with E-state index in [-0.39, 0.29) is 0 Å². The van der Waals surface area contributed by atoms with Crippen molar-refractivity contribution in [2.75, 3.05) is 6.61 Å². The first kappa shape index (κ1) is 15.9. The van der Waals surface area contributed by atoms with Gasteiger partial charge in [0.2, 0.25) is 5.60 Å². The summed E-state index contributed by atoms with van der Waals surface area (Å²) >= 11 is 0. The lowest BCUT2D eigenvalue weighted by Crippen LogP contribution is -2.72. The first-order valence-electron chi connectivity index (χ1n) is 5.49. The van der Waals surface area contributed by atoms with Crippen LogP contribution < -0.4 is 0 Å². The molecule has 0 saturated carbocycles. The van der Waals surface area contributed by atoms with Crippen LogP contribution in [0.3, 0.4) is 0 Å². The summed E-state index contributed by atoms with van der Waals surface area (Å²) in [6.07, 6.45) is -1.81. The number of ether oxygens (including phenoxy) is 1. The Hall–Kier alpha value is -1.19. The molecule has 0 aromatic carbocycles. The summed E-state index contributed by atoms with van der Waals surface area (Å²) in [7, 11) is 0. The summed E-state index contributed by atoms with van der Waals surface area (Å²) in [5.41, 5.74) is -6.11. The van der Waals surface area contributed by atoms with Crippen LogP contribution in [-0.4, -0.2) is 67.5 Å². The molecule has 0 aromatic heterocycles. The van der Waals surface area contributed by atoms with Gasteiger partial charge in [0.15, 0.2) is 23.0 Å². The Morgan fingerprint density at radius 2 is 1.47 bits per heavy atom. The zero-order chi connectivity index (χ0) is 15.2. The van der Waals surface area contributed by atoms with Gasteiger partial charge < -0.3 is 25.2 Å². The predicted octanol–water partition coefficient (Wildman–Crippen LogP) is -2.70. The molecule has 4 N–H and O–H groups in total. The number of Topliss-reactive ketones (excluding diaryl/α,β-unsaturated/α-hetero) is 3. The minimum Gasteiger partial charge on any atom is -0.394 e. The normalized spacial score (nSPS) is 42.2. The van der Waals surface area contributed by atoms with E-state index in [1.54, 1.807) is 0 Å². The molecule has 4 atom stereocenters. The SMILES string of the molecule is CC(=O)C1(O)O[C@H](CO)[C@](O)(C(C)=O)[C@]1(O)C(C)=O. The van der Waals surface area contributed by atoms with E-state index >= 15 is 0 Å². The van der Waals surface area contributed by atoms with Crippen molar-refractivity contribution < 1.29 is 39.5 Å². The zero-order valence-corrected chi connectivity index (χ0v) is 10.7. The number of aliphatic hydroxyl groups is 4. The Morgan fingerprint density at radius 1 is 1.00 bits per heavy atom. The van der Waals surface area contributed by atoms with Gasteiger partial charge in [0.25, 0.3) is 5.79 Å². The molecule has 8 nitrogen and oxygen atoms in total. The van der Waals surface area contributed by atoms with E-state index in [2.05, 4.69) is 0 Å². The van der Waals surface area contributed by atoms with E-state index in [9.17, 15) is 29.7 Å². The molecular weight excluding hydrogens is 260 g/mol.